The summed E-state index contributed by atoms with van der Waals surface area (Å²) in [6.07, 6.45) is 2.65. The lowest BCUT2D eigenvalue weighted by molar-refractivity contribution is -0.124. The number of carbonyl (C=O) groups is 3. The minimum atomic E-state index is -0.258. The van der Waals surface area contributed by atoms with Crippen LogP contribution in [0, 0.1) is 0 Å². The number of H-pyrrole nitrogens is 1. The molecule has 0 bridgehead atoms. The summed E-state index contributed by atoms with van der Waals surface area (Å²) in [4.78, 5) is 35.0. The third-order valence-corrected chi connectivity index (χ3v) is 3.60. The highest BCUT2D eigenvalue weighted by Crippen LogP contribution is 2.26. The number of fused-ring (bicyclic) bond motifs is 1. The number of nitrogens with one attached hydrogen (secondary N) is 2. The zero-order valence-corrected chi connectivity index (χ0v) is 11.6. The number of Topliss-reactive ketones (excluding diaryl/α,β-unsaturated/α-hetero) is 1. The second-order valence-electron chi connectivity index (χ2n) is 3.93. The van der Waals surface area contributed by atoms with Crippen LogP contribution in [0.4, 0.5) is 0 Å². The van der Waals surface area contributed by atoms with Crippen molar-refractivity contribution < 1.29 is 19.1 Å². The number of rotatable bonds is 6. The molecule has 0 aromatic carbocycles. The number of carbonyl (C=O) groups excluding carboxylic acids is 3. The van der Waals surface area contributed by atoms with Gasteiger partial charge < -0.3 is 10.1 Å². The van der Waals surface area contributed by atoms with E-state index in [0.29, 0.717) is 22.8 Å². The summed E-state index contributed by atoms with van der Waals surface area (Å²) in [5.41, 5.74) is 0.529. The maximum atomic E-state index is 12.0. The molecule has 8 heteroatoms. The molecule has 2 N–H and O–H groups in total. The Morgan fingerprint density at radius 3 is 3.05 bits per heavy atom. The van der Waals surface area contributed by atoms with Crippen LogP contribution >= 0.6 is 11.8 Å². The molecule has 20 heavy (non-hydrogen) atoms. The minimum Gasteiger partial charge on any atom is -0.371 e. The molecule has 0 spiro atoms. The van der Waals surface area contributed by atoms with Gasteiger partial charge in [-0.05, 0) is 0 Å². The maximum Gasteiger partial charge on any atom is 0.245 e. The largest absolute Gasteiger partial charge is 0.371 e. The molecule has 106 valence electrons. The van der Waals surface area contributed by atoms with Crippen LogP contribution in [0.5, 0.6) is 0 Å². The summed E-state index contributed by atoms with van der Waals surface area (Å²) in [7, 11) is 1.53. The molecule has 1 heterocycles. The van der Waals surface area contributed by atoms with E-state index in [1.165, 1.54) is 31.1 Å². The van der Waals surface area contributed by atoms with Crippen LogP contribution < -0.4 is 5.32 Å². The summed E-state index contributed by atoms with van der Waals surface area (Å²) in [5, 5.41) is 8.64. The van der Waals surface area contributed by atoms with Gasteiger partial charge in [0.05, 0.1) is 23.3 Å². The van der Waals surface area contributed by atoms with E-state index < -0.39 is 0 Å². The lowest BCUT2D eigenvalue weighted by Gasteiger charge is -2.10. The van der Waals surface area contributed by atoms with Crippen molar-refractivity contribution in [3.05, 3.63) is 28.4 Å². The Balaban J connectivity index is 1.84. The number of hydrogen-bond acceptors (Lipinski definition) is 6. The van der Waals surface area contributed by atoms with Crippen LogP contribution in [0.1, 0.15) is 20.8 Å². The first kappa shape index (κ1) is 14.5. The van der Waals surface area contributed by atoms with E-state index in [-0.39, 0.29) is 29.8 Å². The van der Waals surface area contributed by atoms with Crippen molar-refractivity contribution in [2.45, 2.75) is 0 Å². The van der Waals surface area contributed by atoms with E-state index in [1.807, 2.05) is 0 Å². The molecular formula is C12H13N3O4S. The molecule has 0 radical (unpaired) electrons. The van der Waals surface area contributed by atoms with Crippen molar-refractivity contribution in [3.8, 4) is 0 Å². The number of aromatic amines is 1. The Bertz CT molecular complexity index is 579. The number of allylic oxidation sites excluding steroid dienone is 2. The van der Waals surface area contributed by atoms with E-state index in [2.05, 4.69) is 15.5 Å². The van der Waals surface area contributed by atoms with Gasteiger partial charge in [-0.25, -0.2) is 0 Å². The van der Waals surface area contributed by atoms with E-state index in [0.717, 1.165) is 0 Å². The molecule has 1 aliphatic carbocycles. The second-order valence-corrected chi connectivity index (χ2v) is 5.07. The molecule has 1 aliphatic rings. The van der Waals surface area contributed by atoms with Crippen molar-refractivity contribution >= 4 is 29.2 Å². The maximum absolute atomic E-state index is 12.0. The molecule has 0 fully saturated rings. The molecule has 0 saturated heterocycles. The first-order valence-corrected chi connectivity index (χ1v) is 6.87. The van der Waals surface area contributed by atoms with Crippen LogP contribution in [0.15, 0.2) is 17.2 Å². The van der Waals surface area contributed by atoms with Gasteiger partial charge in [0.1, 0.15) is 12.3 Å². The number of amides is 1. The molecule has 1 aromatic heterocycles. The highest BCUT2D eigenvalue weighted by atomic mass is 32.2. The van der Waals surface area contributed by atoms with Gasteiger partial charge in [-0.1, -0.05) is 0 Å². The van der Waals surface area contributed by atoms with Crippen LogP contribution in [0.2, 0.25) is 0 Å². The molecular weight excluding hydrogens is 282 g/mol. The lowest BCUT2D eigenvalue weighted by atomic mass is 10.0. The third-order valence-electron chi connectivity index (χ3n) is 2.61. The number of hydrogen-bond donors (Lipinski definition) is 2. The van der Waals surface area contributed by atoms with Crippen molar-refractivity contribution in [1.29, 1.82) is 0 Å². The zero-order chi connectivity index (χ0) is 14.5. The summed E-state index contributed by atoms with van der Waals surface area (Å²) in [6.45, 7) is 0.296. The molecule has 7 nitrogen and oxygen atoms in total. The fourth-order valence-electron chi connectivity index (χ4n) is 1.59. The Labute approximate surface area is 119 Å². The first-order chi connectivity index (χ1) is 9.63. The average molecular weight is 295 g/mol. The van der Waals surface area contributed by atoms with Gasteiger partial charge in [0.25, 0.3) is 0 Å². The van der Waals surface area contributed by atoms with Crippen LogP contribution in [-0.2, 0) is 9.53 Å². The number of ether oxygens (including phenoxy) is 1. The second kappa shape index (κ2) is 6.49. The van der Waals surface area contributed by atoms with Crippen LogP contribution in [-0.4, -0.2) is 53.7 Å². The minimum absolute atomic E-state index is 0.0190. The van der Waals surface area contributed by atoms with Gasteiger partial charge in [0, 0.05) is 18.9 Å². The Morgan fingerprint density at radius 2 is 2.30 bits per heavy atom. The highest BCUT2D eigenvalue weighted by Gasteiger charge is 2.27. The van der Waals surface area contributed by atoms with Crippen molar-refractivity contribution in [3.63, 3.8) is 0 Å². The van der Waals surface area contributed by atoms with Crippen LogP contribution in [0.25, 0.3) is 0 Å². The molecule has 1 aromatic rings. The number of aromatic nitrogens is 2. The topological polar surface area (TPSA) is 101 Å². The number of nitrogens with zero attached hydrogens (tertiary/aromatic N) is 1. The zero-order valence-electron chi connectivity index (χ0n) is 10.8. The molecule has 1 amide bonds. The van der Waals surface area contributed by atoms with E-state index >= 15 is 0 Å². The van der Waals surface area contributed by atoms with Gasteiger partial charge >= 0.3 is 0 Å². The Hall–Kier alpha value is -1.93. The highest BCUT2D eigenvalue weighted by molar-refractivity contribution is 8.04. The Morgan fingerprint density at radius 1 is 1.50 bits per heavy atom. The molecule has 0 atom stereocenters. The van der Waals surface area contributed by atoms with Gasteiger partial charge in [0.2, 0.25) is 17.5 Å². The van der Waals surface area contributed by atoms with E-state index in [9.17, 15) is 14.4 Å². The summed E-state index contributed by atoms with van der Waals surface area (Å²) in [5.74, 6) is -0.202. The van der Waals surface area contributed by atoms with Gasteiger partial charge in [-0.2, -0.15) is 5.10 Å². The number of ketones is 2. The quantitative estimate of drug-likeness (QED) is 0.725. The smallest absolute Gasteiger partial charge is 0.245 e. The van der Waals surface area contributed by atoms with Crippen LogP contribution in [0.3, 0.4) is 0 Å². The number of likely N-dealkylation sites (N-methyl/N-ethyl adjacent to an activating group) is 1. The monoisotopic (exact) mass is 295 g/mol. The summed E-state index contributed by atoms with van der Waals surface area (Å²) >= 11 is 1.23. The normalized spacial score (nSPS) is 13.9. The predicted molar refractivity (Wildman–Crippen MR) is 72.7 cm³/mol. The molecule has 0 aliphatic heterocycles. The molecule has 2 rings (SSSR count). The molecule has 0 unspecified atom stereocenters. The fourth-order valence-corrected chi connectivity index (χ4v) is 2.44. The predicted octanol–water partition coefficient (Wildman–Crippen LogP) is 0.168. The van der Waals surface area contributed by atoms with Gasteiger partial charge in [-0.3, -0.25) is 19.5 Å². The standard InChI is InChI=1S/C12H13N3O4S/c1-13-10(17)6-19-2-3-20-9-4-8(16)11-7(12(9)18)5-14-15-11/h4-5H,2-3,6H2,1H3,(H,13,17)(H,14,15). The van der Waals surface area contributed by atoms with Crippen molar-refractivity contribution in [1.82, 2.24) is 15.5 Å². The fraction of sp³-hybridized carbons (Fsp3) is 0.333. The summed E-state index contributed by atoms with van der Waals surface area (Å²) in [6, 6.07) is 0. The van der Waals surface area contributed by atoms with E-state index in [4.69, 9.17) is 4.74 Å². The number of thioether (sulfide) groups is 1. The SMILES string of the molecule is CNC(=O)COCCSC1=CC(=O)c2[nH]ncc2C1=O. The van der Waals surface area contributed by atoms with Crippen molar-refractivity contribution in [2.24, 2.45) is 0 Å². The van der Waals surface area contributed by atoms with Crippen molar-refractivity contribution in [2.75, 3.05) is 26.0 Å². The summed E-state index contributed by atoms with van der Waals surface area (Å²) < 4.78 is 5.12. The van der Waals surface area contributed by atoms with E-state index in [1.54, 1.807) is 0 Å². The average Bonchev–Trinajstić information content (AvgIpc) is 2.93. The Kier molecular flexibility index (Phi) is 4.70. The van der Waals surface area contributed by atoms with Gasteiger partial charge in [-0.15, -0.1) is 11.8 Å². The lowest BCUT2D eigenvalue weighted by Crippen LogP contribution is -2.23. The third kappa shape index (κ3) is 3.14. The molecule has 0 saturated carbocycles. The van der Waals surface area contributed by atoms with Gasteiger partial charge in [0.15, 0.2) is 0 Å². The first-order valence-electron chi connectivity index (χ1n) is 5.88.